The summed E-state index contributed by atoms with van der Waals surface area (Å²) in [6, 6.07) is 12.4. The molecule has 1 aliphatic rings. The van der Waals surface area contributed by atoms with Crippen molar-refractivity contribution in [1.29, 1.82) is 0 Å². The fourth-order valence-corrected chi connectivity index (χ4v) is 2.85. The number of rotatable bonds is 7. The molecule has 3 rings (SSSR count). The lowest BCUT2D eigenvalue weighted by Crippen LogP contribution is -2.50. The predicted octanol–water partition coefficient (Wildman–Crippen LogP) is 1.65. The van der Waals surface area contributed by atoms with Gasteiger partial charge in [0.1, 0.15) is 24.2 Å². The van der Waals surface area contributed by atoms with E-state index in [1.807, 2.05) is 30.3 Å². The summed E-state index contributed by atoms with van der Waals surface area (Å²) in [6.07, 6.45) is 2.71. The van der Waals surface area contributed by atoms with Crippen molar-refractivity contribution in [3.63, 3.8) is 0 Å². The van der Waals surface area contributed by atoms with Gasteiger partial charge in [0.2, 0.25) is 0 Å². The average Bonchev–Trinajstić information content (AvgIpc) is 3.35. The number of carbonyl (C=O) groups excluding carboxylic acids is 2. The SMILES string of the molecule is CCCC1CC(C(=O)NNC(=O)c2ccc(COc3ccccc3)o2)NN1. The first-order valence-corrected chi connectivity index (χ1v) is 9.03. The molecular weight excluding hydrogens is 348 g/mol. The molecule has 0 aliphatic carbocycles. The van der Waals surface area contributed by atoms with Crippen molar-refractivity contribution in [2.75, 3.05) is 0 Å². The molecule has 1 aromatic carbocycles. The van der Waals surface area contributed by atoms with E-state index < -0.39 is 5.91 Å². The van der Waals surface area contributed by atoms with Crippen LogP contribution in [0.3, 0.4) is 0 Å². The molecular formula is C19H24N4O4. The molecule has 1 saturated heterocycles. The number of ether oxygens (including phenoxy) is 1. The highest BCUT2D eigenvalue weighted by Gasteiger charge is 2.28. The van der Waals surface area contributed by atoms with Gasteiger partial charge in [0.05, 0.1) is 0 Å². The van der Waals surface area contributed by atoms with E-state index >= 15 is 0 Å². The van der Waals surface area contributed by atoms with Gasteiger partial charge < -0.3 is 9.15 Å². The monoisotopic (exact) mass is 372 g/mol. The number of amides is 2. The first-order valence-electron chi connectivity index (χ1n) is 9.03. The summed E-state index contributed by atoms with van der Waals surface area (Å²) in [5, 5.41) is 0. The number of nitrogens with one attached hydrogen (secondary N) is 4. The van der Waals surface area contributed by atoms with E-state index in [2.05, 4.69) is 28.6 Å². The molecule has 8 heteroatoms. The number of benzene rings is 1. The quantitative estimate of drug-likeness (QED) is 0.551. The van der Waals surface area contributed by atoms with Crippen LogP contribution < -0.4 is 26.4 Å². The Hall–Kier alpha value is -2.84. The van der Waals surface area contributed by atoms with Crippen LogP contribution >= 0.6 is 0 Å². The van der Waals surface area contributed by atoms with E-state index in [4.69, 9.17) is 9.15 Å². The van der Waals surface area contributed by atoms with Crippen LogP contribution in [0.15, 0.2) is 46.9 Å². The van der Waals surface area contributed by atoms with Crippen LogP contribution in [-0.2, 0) is 11.4 Å². The highest BCUT2D eigenvalue weighted by atomic mass is 16.5. The predicted molar refractivity (Wildman–Crippen MR) is 98.5 cm³/mol. The molecule has 0 radical (unpaired) electrons. The van der Waals surface area contributed by atoms with Crippen molar-refractivity contribution in [1.82, 2.24) is 21.7 Å². The molecule has 8 nitrogen and oxygen atoms in total. The van der Waals surface area contributed by atoms with E-state index in [0.717, 1.165) is 12.8 Å². The van der Waals surface area contributed by atoms with Crippen molar-refractivity contribution < 1.29 is 18.7 Å². The fraction of sp³-hybridized carbons (Fsp3) is 0.368. The molecule has 4 N–H and O–H groups in total. The zero-order chi connectivity index (χ0) is 19.1. The molecule has 0 saturated carbocycles. The lowest BCUT2D eigenvalue weighted by Gasteiger charge is -2.10. The molecule has 2 aromatic rings. The second-order valence-corrected chi connectivity index (χ2v) is 6.37. The number of para-hydroxylation sites is 1. The Morgan fingerprint density at radius 3 is 2.74 bits per heavy atom. The second-order valence-electron chi connectivity index (χ2n) is 6.37. The van der Waals surface area contributed by atoms with E-state index in [1.165, 1.54) is 6.07 Å². The highest BCUT2D eigenvalue weighted by Crippen LogP contribution is 2.14. The molecule has 2 unspecified atom stereocenters. The normalized spacial score (nSPS) is 18.9. The summed E-state index contributed by atoms with van der Waals surface area (Å²) < 4.78 is 11.0. The third kappa shape index (κ3) is 5.32. The van der Waals surface area contributed by atoms with Crippen molar-refractivity contribution in [2.45, 2.75) is 44.9 Å². The number of hydrogen-bond donors (Lipinski definition) is 4. The molecule has 2 atom stereocenters. The van der Waals surface area contributed by atoms with E-state index in [9.17, 15) is 9.59 Å². The fourth-order valence-electron chi connectivity index (χ4n) is 2.85. The van der Waals surface area contributed by atoms with Gasteiger partial charge in [-0.2, -0.15) is 0 Å². The van der Waals surface area contributed by atoms with Gasteiger partial charge in [0.25, 0.3) is 5.91 Å². The number of carbonyl (C=O) groups is 2. The van der Waals surface area contributed by atoms with Crippen molar-refractivity contribution in [3.8, 4) is 5.75 Å². The Morgan fingerprint density at radius 2 is 1.96 bits per heavy atom. The molecule has 1 fully saturated rings. The summed E-state index contributed by atoms with van der Waals surface area (Å²) in [4.78, 5) is 24.2. The standard InChI is InChI=1S/C19H24N4O4/c1-2-6-13-11-16(21-20-13)18(24)22-23-19(25)17-10-9-15(27-17)12-26-14-7-4-3-5-8-14/h3-5,7-10,13,16,20-21H,2,6,11-12H2,1H3,(H,22,24)(H,23,25). The summed E-state index contributed by atoms with van der Waals surface area (Å²) in [5.74, 6) is 0.507. The first kappa shape index (κ1) is 18.9. The minimum atomic E-state index is -0.523. The third-order valence-corrected chi connectivity index (χ3v) is 4.24. The maximum Gasteiger partial charge on any atom is 0.305 e. The smallest absolute Gasteiger partial charge is 0.305 e. The Labute approximate surface area is 157 Å². The van der Waals surface area contributed by atoms with Crippen LogP contribution in [0.4, 0.5) is 0 Å². The highest BCUT2D eigenvalue weighted by molar-refractivity contribution is 5.93. The lowest BCUT2D eigenvalue weighted by atomic mass is 10.1. The van der Waals surface area contributed by atoms with Crippen LogP contribution in [0.2, 0.25) is 0 Å². The molecule has 0 bridgehead atoms. The van der Waals surface area contributed by atoms with Gasteiger partial charge in [-0.1, -0.05) is 31.5 Å². The molecule has 0 spiro atoms. The Kier molecular flexibility index (Phi) is 6.45. The number of hydrazine groups is 2. The maximum absolute atomic E-state index is 12.1. The van der Waals surface area contributed by atoms with Crippen molar-refractivity contribution in [2.24, 2.45) is 0 Å². The Bertz CT molecular complexity index is 762. The van der Waals surface area contributed by atoms with Crippen molar-refractivity contribution >= 4 is 11.8 Å². The van der Waals surface area contributed by atoms with Crippen LogP contribution in [0, 0.1) is 0 Å². The Balaban J connectivity index is 1.43. The van der Waals surface area contributed by atoms with Gasteiger partial charge in [-0.25, -0.2) is 5.43 Å². The summed E-state index contributed by atoms with van der Waals surface area (Å²) in [7, 11) is 0. The summed E-state index contributed by atoms with van der Waals surface area (Å²) in [5.41, 5.74) is 10.8. The van der Waals surface area contributed by atoms with Gasteiger partial charge in [-0.05, 0) is 37.1 Å². The van der Waals surface area contributed by atoms with E-state index in [-0.39, 0.29) is 30.4 Å². The molecule has 1 aromatic heterocycles. The molecule has 1 aliphatic heterocycles. The molecule has 144 valence electrons. The third-order valence-electron chi connectivity index (χ3n) is 4.24. The van der Waals surface area contributed by atoms with Crippen LogP contribution in [0.25, 0.3) is 0 Å². The largest absolute Gasteiger partial charge is 0.486 e. The topological polar surface area (TPSA) is 105 Å². The molecule has 2 amide bonds. The summed E-state index contributed by atoms with van der Waals surface area (Å²) >= 11 is 0. The maximum atomic E-state index is 12.1. The van der Waals surface area contributed by atoms with Gasteiger partial charge >= 0.3 is 5.91 Å². The minimum Gasteiger partial charge on any atom is -0.486 e. The second kappa shape index (κ2) is 9.20. The molecule has 2 heterocycles. The van der Waals surface area contributed by atoms with Crippen LogP contribution in [-0.4, -0.2) is 23.9 Å². The van der Waals surface area contributed by atoms with E-state index in [0.29, 0.717) is 17.9 Å². The summed E-state index contributed by atoms with van der Waals surface area (Å²) in [6.45, 7) is 2.30. The zero-order valence-electron chi connectivity index (χ0n) is 15.2. The molecule has 27 heavy (non-hydrogen) atoms. The van der Waals surface area contributed by atoms with Gasteiger partial charge in [0, 0.05) is 6.04 Å². The lowest BCUT2D eigenvalue weighted by molar-refractivity contribution is -0.123. The van der Waals surface area contributed by atoms with Crippen LogP contribution in [0.1, 0.15) is 42.5 Å². The van der Waals surface area contributed by atoms with Crippen LogP contribution in [0.5, 0.6) is 5.75 Å². The minimum absolute atomic E-state index is 0.100. The zero-order valence-corrected chi connectivity index (χ0v) is 15.2. The van der Waals surface area contributed by atoms with Gasteiger partial charge in [-0.3, -0.25) is 25.9 Å². The van der Waals surface area contributed by atoms with Crippen molar-refractivity contribution in [3.05, 3.63) is 54.0 Å². The number of hydrogen-bond acceptors (Lipinski definition) is 6. The van der Waals surface area contributed by atoms with E-state index in [1.54, 1.807) is 6.07 Å². The number of furan rings is 1. The van der Waals surface area contributed by atoms with Gasteiger partial charge in [-0.15, -0.1) is 0 Å². The van der Waals surface area contributed by atoms with Gasteiger partial charge in [0.15, 0.2) is 5.76 Å². The Morgan fingerprint density at radius 1 is 1.15 bits per heavy atom. The average molecular weight is 372 g/mol. The first-order chi connectivity index (χ1) is 13.2.